The molecule has 5 heteroatoms. The van der Waals surface area contributed by atoms with Crippen LogP contribution in [-0.2, 0) is 5.75 Å². The Morgan fingerprint density at radius 1 is 1.38 bits per heavy atom. The van der Waals surface area contributed by atoms with Crippen LogP contribution in [-0.4, -0.2) is 15.2 Å². The van der Waals surface area contributed by atoms with E-state index in [-0.39, 0.29) is 5.56 Å². The van der Waals surface area contributed by atoms with Crippen LogP contribution in [0, 0.1) is 0 Å². The van der Waals surface area contributed by atoms with Gasteiger partial charge in [0.25, 0.3) is 5.56 Å². The highest BCUT2D eigenvalue weighted by atomic mass is 32.2. The lowest BCUT2D eigenvalue weighted by Gasteiger charge is -2.03. The summed E-state index contributed by atoms with van der Waals surface area (Å²) in [5, 5.41) is 0.489. The van der Waals surface area contributed by atoms with E-state index in [0.29, 0.717) is 16.7 Å². The van der Waals surface area contributed by atoms with Gasteiger partial charge < -0.3 is 4.98 Å². The van der Waals surface area contributed by atoms with Crippen molar-refractivity contribution in [2.45, 2.75) is 24.9 Å². The van der Waals surface area contributed by atoms with Gasteiger partial charge in [-0.25, -0.2) is 4.79 Å². The molecule has 0 spiro atoms. The molecule has 0 aromatic carbocycles. The lowest BCUT2D eigenvalue weighted by molar-refractivity contribution is 0.982. The lowest BCUT2D eigenvalue weighted by atomic mass is 10.4. The summed E-state index contributed by atoms with van der Waals surface area (Å²) in [6, 6.07) is 1.41. The summed E-state index contributed by atoms with van der Waals surface area (Å²) in [5.41, 5.74) is -0.109. The van der Waals surface area contributed by atoms with Crippen LogP contribution in [0.15, 0.2) is 15.7 Å². The Kier molecular flexibility index (Phi) is 3.36. The molecule has 1 heterocycles. The van der Waals surface area contributed by atoms with Crippen molar-refractivity contribution in [2.75, 3.05) is 0 Å². The quantitative estimate of drug-likeness (QED) is 0.755. The minimum atomic E-state index is -0.438. The average Bonchev–Trinajstić information content (AvgIpc) is 1.99. The molecule has 0 aliphatic carbocycles. The van der Waals surface area contributed by atoms with Crippen LogP contribution >= 0.6 is 11.8 Å². The third-order valence-electron chi connectivity index (χ3n) is 1.39. The first-order valence-electron chi connectivity index (χ1n) is 4.02. The molecule has 4 nitrogen and oxygen atoms in total. The first-order chi connectivity index (χ1) is 6.08. The van der Waals surface area contributed by atoms with Crippen LogP contribution in [0.4, 0.5) is 0 Å². The summed E-state index contributed by atoms with van der Waals surface area (Å²) in [4.78, 5) is 26.4. The normalized spacial score (nSPS) is 10.7. The van der Waals surface area contributed by atoms with Crippen LogP contribution in [0.3, 0.4) is 0 Å². The first kappa shape index (κ1) is 10.1. The van der Waals surface area contributed by atoms with Crippen molar-refractivity contribution >= 4 is 11.8 Å². The fourth-order valence-electron chi connectivity index (χ4n) is 0.854. The lowest BCUT2D eigenvalue weighted by Crippen LogP contribution is -2.22. The molecule has 1 aromatic heterocycles. The molecule has 0 atom stereocenters. The van der Waals surface area contributed by atoms with E-state index in [1.54, 1.807) is 11.8 Å². The van der Waals surface area contributed by atoms with Gasteiger partial charge in [0.1, 0.15) is 0 Å². The van der Waals surface area contributed by atoms with Gasteiger partial charge in [-0.3, -0.25) is 9.78 Å². The number of rotatable bonds is 3. The van der Waals surface area contributed by atoms with Crippen LogP contribution in [0.25, 0.3) is 0 Å². The van der Waals surface area contributed by atoms with Crippen LogP contribution in [0.2, 0.25) is 0 Å². The number of H-pyrrole nitrogens is 2. The van der Waals surface area contributed by atoms with Gasteiger partial charge in [0.05, 0.1) is 0 Å². The monoisotopic (exact) mass is 200 g/mol. The molecule has 0 fully saturated rings. The van der Waals surface area contributed by atoms with Gasteiger partial charge in [0.2, 0.25) is 0 Å². The molecular formula is C8H12N2O2S. The zero-order chi connectivity index (χ0) is 9.84. The maximum absolute atomic E-state index is 10.9. The smallest absolute Gasteiger partial charge is 0.310 e. The molecule has 0 amide bonds. The summed E-state index contributed by atoms with van der Waals surface area (Å²) >= 11 is 1.68. The summed E-state index contributed by atoms with van der Waals surface area (Å²) in [7, 11) is 0. The summed E-state index contributed by atoms with van der Waals surface area (Å²) in [6.45, 7) is 4.13. The molecular weight excluding hydrogens is 188 g/mol. The van der Waals surface area contributed by atoms with Crippen molar-refractivity contribution < 1.29 is 0 Å². The standard InChI is InChI=1S/C8H12N2O2S/c1-5(2)13-4-6-3-7(11)10-8(12)9-6/h3,5H,4H2,1-2H3,(H2,9,10,11,12). The predicted molar refractivity (Wildman–Crippen MR) is 54.1 cm³/mol. The zero-order valence-corrected chi connectivity index (χ0v) is 8.40. The van der Waals surface area contributed by atoms with Crippen LogP contribution in [0.1, 0.15) is 19.5 Å². The third kappa shape index (κ3) is 3.50. The van der Waals surface area contributed by atoms with E-state index in [9.17, 15) is 9.59 Å². The highest BCUT2D eigenvalue weighted by Crippen LogP contribution is 2.13. The SMILES string of the molecule is CC(C)SCc1cc(=O)[nH]c(=O)[nH]1. The number of nitrogens with one attached hydrogen (secondary N) is 2. The topological polar surface area (TPSA) is 65.7 Å². The Balaban J connectivity index is 2.78. The van der Waals surface area contributed by atoms with E-state index < -0.39 is 5.69 Å². The molecule has 0 aliphatic rings. The van der Waals surface area contributed by atoms with E-state index in [2.05, 4.69) is 23.8 Å². The Morgan fingerprint density at radius 3 is 2.62 bits per heavy atom. The largest absolute Gasteiger partial charge is 0.325 e. The predicted octanol–water partition coefficient (Wildman–Crippen LogP) is 0.705. The molecule has 0 saturated heterocycles. The number of hydrogen-bond acceptors (Lipinski definition) is 3. The van der Waals surface area contributed by atoms with Crippen LogP contribution in [0.5, 0.6) is 0 Å². The van der Waals surface area contributed by atoms with Gasteiger partial charge in [0, 0.05) is 17.5 Å². The summed E-state index contributed by atoms with van der Waals surface area (Å²) in [5.74, 6) is 0.664. The first-order valence-corrected chi connectivity index (χ1v) is 5.07. The van der Waals surface area contributed by atoms with Gasteiger partial charge >= 0.3 is 5.69 Å². The molecule has 2 N–H and O–H groups in total. The van der Waals surface area contributed by atoms with Crippen molar-refractivity contribution in [3.8, 4) is 0 Å². The molecule has 0 unspecified atom stereocenters. The minimum absolute atomic E-state index is 0.344. The van der Waals surface area contributed by atoms with E-state index in [1.165, 1.54) is 6.07 Å². The average molecular weight is 200 g/mol. The van der Waals surface area contributed by atoms with E-state index in [1.807, 2.05) is 0 Å². The van der Waals surface area contributed by atoms with Crippen molar-refractivity contribution in [3.63, 3.8) is 0 Å². The van der Waals surface area contributed by atoms with Gasteiger partial charge in [0.15, 0.2) is 0 Å². The van der Waals surface area contributed by atoms with Gasteiger partial charge in [-0.1, -0.05) is 13.8 Å². The van der Waals surface area contributed by atoms with Gasteiger partial charge in [-0.05, 0) is 5.25 Å². The molecule has 0 aliphatic heterocycles. The number of aromatic amines is 2. The molecule has 1 aromatic rings. The van der Waals surface area contributed by atoms with E-state index in [0.717, 1.165) is 0 Å². The second-order valence-electron chi connectivity index (χ2n) is 2.97. The number of thioether (sulfide) groups is 1. The fourth-order valence-corrected chi connectivity index (χ4v) is 1.52. The Bertz CT molecular complexity index is 352. The van der Waals surface area contributed by atoms with Gasteiger partial charge in [-0.2, -0.15) is 11.8 Å². The zero-order valence-electron chi connectivity index (χ0n) is 7.59. The van der Waals surface area contributed by atoms with E-state index >= 15 is 0 Å². The number of hydrogen-bond donors (Lipinski definition) is 2. The second-order valence-corrected chi connectivity index (χ2v) is 4.54. The van der Waals surface area contributed by atoms with Crippen molar-refractivity contribution in [1.82, 2.24) is 9.97 Å². The van der Waals surface area contributed by atoms with Crippen molar-refractivity contribution in [3.05, 3.63) is 32.6 Å². The Hall–Kier alpha value is -0.970. The molecule has 72 valence electrons. The maximum atomic E-state index is 10.9. The summed E-state index contributed by atoms with van der Waals surface area (Å²) < 4.78 is 0. The van der Waals surface area contributed by atoms with Gasteiger partial charge in [-0.15, -0.1) is 0 Å². The van der Waals surface area contributed by atoms with Crippen molar-refractivity contribution in [1.29, 1.82) is 0 Å². The Labute approximate surface area is 79.8 Å². The second kappa shape index (κ2) is 4.32. The fraction of sp³-hybridized carbons (Fsp3) is 0.500. The molecule has 0 saturated carbocycles. The molecule has 0 bridgehead atoms. The third-order valence-corrected chi connectivity index (χ3v) is 2.53. The molecule has 13 heavy (non-hydrogen) atoms. The highest BCUT2D eigenvalue weighted by molar-refractivity contribution is 7.99. The minimum Gasteiger partial charge on any atom is -0.310 e. The van der Waals surface area contributed by atoms with Crippen molar-refractivity contribution in [2.24, 2.45) is 0 Å². The Morgan fingerprint density at radius 2 is 2.08 bits per heavy atom. The maximum Gasteiger partial charge on any atom is 0.325 e. The van der Waals surface area contributed by atoms with E-state index in [4.69, 9.17) is 0 Å². The van der Waals surface area contributed by atoms with Crippen LogP contribution < -0.4 is 11.2 Å². The molecule has 1 rings (SSSR count). The molecule has 0 radical (unpaired) electrons. The number of aromatic nitrogens is 2. The summed E-state index contributed by atoms with van der Waals surface area (Å²) in [6.07, 6.45) is 0. The highest BCUT2D eigenvalue weighted by Gasteiger charge is 1.99.